The van der Waals surface area contributed by atoms with Gasteiger partial charge in [-0.1, -0.05) is 34.6 Å². The molecule has 1 saturated carbocycles. The zero-order valence-corrected chi connectivity index (χ0v) is 15.5. The first-order valence-electron chi connectivity index (χ1n) is 9.46. The molecule has 0 aromatic rings. The largest absolute Gasteiger partial charge is 0.314 e. The Labute approximate surface area is 134 Å². The third-order valence-corrected chi connectivity index (χ3v) is 5.71. The molecule has 1 rings (SSSR count). The monoisotopic (exact) mass is 296 g/mol. The third kappa shape index (κ3) is 5.90. The van der Waals surface area contributed by atoms with Crippen LogP contribution in [0.1, 0.15) is 73.1 Å². The second kappa shape index (κ2) is 9.84. The van der Waals surface area contributed by atoms with Crippen molar-refractivity contribution in [2.24, 2.45) is 17.8 Å². The molecule has 0 amide bonds. The standard InChI is InChI=1S/C19H40N2/c1-7-12-20-19-11-10-16(15(4)5)13-17(19)14-21(6)18(8-2)9-3/h15-20H,7-14H2,1-6H3. The van der Waals surface area contributed by atoms with Crippen LogP contribution in [0.2, 0.25) is 0 Å². The van der Waals surface area contributed by atoms with E-state index in [-0.39, 0.29) is 0 Å². The summed E-state index contributed by atoms with van der Waals surface area (Å²) in [5.74, 6) is 2.62. The lowest BCUT2D eigenvalue weighted by Gasteiger charge is -2.41. The summed E-state index contributed by atoms with van der Waals surface area (Å²) in [5.41, 5.74) is 0. The Bertz CT molecular complexity index is 260. The molecule has 21 heavy (non-hydrogen) atoms. The maximum atomic E-state index is 3.83. The lowest BCUT2D eigenvalue weighted by Crippen LogP contribution is -2.47. The van der Waals surface area contributed by atoms with Crippen LogP contribution in [0.25, 0.3) is 0 Å². The van der Waals surface area contributed by atoms with E-state index >= 15 is 0 Å². The summed E-state index contributed by atoms with van der Waals surface area (Å²) < 4.78 is 0. The molecular weight excluding hydrogens is 256 g/mol. The molecule has 0 aromatic heterocycles. The molecule has 0 aromatic carbocycles. The summed E-state index contributed by atoms with van der Waals surface area (Å²) in [4.78, 5) is 2.63. The maximum absolute atomic E-state index is 3.83. The predicted molar refractivity (Wildman–Crippen MR) is 94.8 cm³/mol. The first-order chi connectivity index (χ1) is 10.0. The van der Waals surface area contributed by atoms with E-state index in [9.17, 15) is 0 Å². The van der Waals surface area contributed by atoms with Crippen molar-refractivity contribution >= 4 is 0 Å². The van der Waals surface area contributed by atoms with E-state index in [4.69, 9.17) is 0 Å². The van der Waals surface area contributed by atoms with Crippen LogP contribution in [0.4, 0.5) is 0 Å². The van der Waals surface area contributed by atoms with Crippen molar-refractivity contribution < 1.29 is 0 Å². The molecule has 3 unspecified atom stereocenters. The van der Waals surface area contributed by atoms with Gasteiger partial charge in [-0.15, -0.1) is 0 Å². The highest BCUT2D eigenvalue weighted by Crippen LogP contribution is 2.34. The Morgan fingerprint density at radius 3 is 2.29 bits per heavy atom. The van der Waals surface area contributed by atoms with Crippen LogP contribution in [0.3, 0.4) is 0 Å². The van der Waals surface area contributed by atoms with Crippen molar-refractivity contribution in [1.29, 1.82) is 0 Å². The Balaban J connectivity index is 2.64. The first kappa shape index (κ1) is 19.0. The van der Waals surface area contributed by atoms with Crippen molar-refractivity contribution in [1.82, 2.24) is 10.2 Å². The Morgan fingerprint density at radius 1 is 1.10 bits per heavy atom. The lowest BCUT2D eigenvalue weighted by molar-refractivity contribution is 0.111. The van der Waals surface area contributed by atoms with Gasteiger partial charge in [-0.2, -0.15) is 0 Å². The Morgan fingerprint density at radius 2 is 1.76 bits per heavy atom. The molecular formula is C19H40N2. The SMILES string of the molecule is CCCNC1CCC(C(C)C)CC1CN(C)C(CC)CC. The molecule has 1 aliphatic carbocycles. The molecule has 1 aliphatic rings. The number of hydrogen-bond acceptors (Lipinski definition) is 2. The lowest BCUT2D eigenvalue weighted by atomic mass is 9.73. The topological polar surface area (TPSA) is 15.3 Å². The molecule has 1 fully saturated rings. The number of nitrogens with zero attached hydrogens (tertiary/aromatic N) is 1. The molecule has 126 valence electrons. The van der Waals surface area contributed by atoms with E-state index in [0.717, 1.165) is 29.8 Å². The highest BCUT2D eigenvalue weighted by atomic mass is 15.1. The van der Waals surface area contributed by atoms with Crippen LogP contribution < -0.4 is 5.32 Å². The van der Waals surface area contributed by atoms with E-state index in [2.05, 4.69) is 51.9 Å². The van der Waals surface area contributed by atoms with Crippen LogP contribution in [0.15, 0.2) is 0 Å². The van der Waals surface area contributed by atoms with Gasteiger partial charge in [0.2, 0.25) is 0 Å². The van der Waals surface area contributed by atoms with Gasteiger partial charge in [-0.3, -0.25) is 0 Å². The van der Waals surface area contributed by atoms with E-state index in [1.165, 1.54) is 51.6 Å². The van der Waals surface area contributed by atoms with Gasteiger partial charge >= 0.3 is 0 Å². The molecule has 0 spiro atoms. The van der Waals surface area contributed by atoms with Crippen LogP contribution in [0.5, 0.6) is 0 Å². The second-order valence-corrected chi connectivity index (χ2v) is 7.55. The highest BCUT2D eigenvalue weighted by Gasteiger charge is 2.32. The summed E-state index contributed by atoms with van der Waals surface area (Å²) in [6.07, 6.45) is 8.03. The van der Waals surface area contributed by atoms with E-state index in [0.29, 0.717) is 0 Å². The van der Waals surface area contributed by atoms with Gasteiger partial charge in [0.05, 0.1) is 0 Å². The maximum Gasteiger partial charge on any atom is 0.0108 e. The predicted octanol–water partition coefficient (Wildman–Crippen LogP) is 4.55. The van der Waals surface area contributed by atoms with Gasteiger partial charge in [-0.25, -0.2) is 0 Å². The summed E-state index contributed by atoms with van der Waals surface area (Å²) in [7, 11) is 2.34. The summed E-state index contributed by atoms with van der Waals surface area (Å²) >= 11 is 0. The average molecular weight is 297 g/mol. The van der Waals surface area contributed by atoms with Crippen LogP contribution in [-0.4, -0.2) is 37.1 Å². The molecule has 0 saturated heterocycles. The van der Waals surface area contributed by atoms with E-state index in [1.54, 1.807) is 0 Å². The second-order valence-electron chi connectivity index (χ2n) is 7.55. The number of rotatable bonds is 9. The normalized spacial score (nSPS) is 27.0. The minimum absolute atomic E-state index is 0.747. The minimum atomic E-state index is 0.747. The van der Waals surface area contributed by atoms with Gasteiger partial charge in [0.25, 0.3) is 0 Å². The van der Waals surface area contributed by atoms with E-state index in [1.807, 2.05) is 0 Å². The first-order valence-corrected chi connectivity index (χ1v) is 9.46. The molecule has 2 nitrogen and oxygen atoms in total. The van der Waals surface area contributed by atoms with Crippen molar-refractivity contribution in [3.63, 3.8) is 0 Å². The van der Waals surface area contributed by atoms with Crippen molar-refractivity contribution in [2.75, 3.05) is 20.1 Å². The average Bonchev–Trinajstić information content (AvgIpc) is 2.47. The van der Waals surface area contributed by atoms with Crippen LogP contribution >= 0.6 is 0 Å². The van der Waals surface area contributed by atoms with Crippen molar-refractivity contribution in [3.8, 4) is 0 Å². The van der Waals surface area contributed by atoms with Crippen LogP contribution in [0, 0.1) is 17.8 Å². The molecule has 2 heteroatoms. The number of nitrogens with one attached hydrogen (secondary N) is 1. The smallest absolute Gasteiger partial charge is 0.0108 e. The minimum Gasteiger partial charge on any atom is -0.314 e. The molecule has 1 N–H and O–H groups in total. The fraction of sp³-hybridized carbons (Fsp3) is 1.00. The molecule has 0 heterocycles. The Kier molecular flexibility index (Phi) is 8.89. The fourth-order valence-corrected chi connectivity index (χ4v) is 4.14. The molecule has 3 atom stereocenters. The van der Waals surface area contributed by atoms with E-state index < -0.39 is 0 Å². The van der Waals surface area contributed by atoms with Crippen molar-refractivity contribution in [3.05, 3.63) is 0 Å². The number of hydrogen-bond donors (Lipinski definition) is 1. The zero-order chi connectivity index (χ0) is 15.8. The van der Waals surface area contributed by atoms with Gasteiger partial charge in [0.1, 0.15) is 0 Å². The summed E-state index contributed by atoms with van der Waals surface area (Å²) in [5, 5.41) is 3.83. The summed E-state index contributed by atoms with van der Waals surface area (Å²) in [6.45, 7) is 14.2. The fourth-order valence-electron chi connectivity index (χ4n) is 4.14. The zero-order valence-electron chi connectivity index (χ0n) is 15.5. The van der Waals surface area contributed by atoms with Gasteiger partial charge in [0, 0.05) is 18.6 Å². The van der Waals surface area contributed by atoms with Crippen molar-refractivity contribution in [2.45, 2.75) is 85.2 Å². The molecule has 0 aliphatic heterocycles. The van der Waals surface area contributed by atoms with Gasteiger partial charge in [0.15, 0.2) is 0 Å². The molecule has 0 bridgehead atoms. The molecule has 0 radical (unpaired) electrons. The Hall–Kier alpha value is -0.0800. The highest BCUT2D eigenvalue weighted by molar-refractivity contribution is 4.88. The van der Waals surface area contributed by atoms with Crippen LogP contribution in [-0.2, 0) is 0 Å². The van der Waals surface area contributed by atoms with Gasteiger partial charge < -0.3 is 10.2 Å². The van der Waals surface area contributed by atoms with Gasteiger partial charge in [-0.05, 0) is 69.9 Å². The summed E-state index contributed by atoms with van der Waals surface area (Å²) in [6, 6.07) is 1.51. The third-order valence-electron chi connectivity index (χ3n) is 5.71. The quantitative estimate of drug-likeness (QED) is 0.671.